The number of amides is 1. The average Bonchev–Trinajstić information content (AvgIpc) is 3.02. The van der Waals surface area contributed by atoms with E-state index in [4.69, 9.17) is 9.47 Å². The summed E-state index contributed by atoms with van der Waals surface area (Å²) in [4.78, 5) is 14.8. The van der Waals surface area contributed by atoms with Crippen LogP contribution in [0.1, 0.15) is 36.0 Å². The molecule has 1 amide bonds. The quantitative estimate of drug-likeness (QED) is 0.787. The number of carbonyl (C=O) groups is 1. The monoisotopic (exact) mass is 441 g/mol. The van der Waals surface area contributed by atoms with Gasteiger partial charge in [0.2, 0.25) is 0 Å². The Kier molecular flexibility index (Phi) is 5.05. The van der Waals surface area contributed by atoms with Crippen molar-refractivity contribution in [1.82, 2.24) is 5.32 Å². The Hall–Kier alpha value is -3.07. The third-order valence-corrected chi connectivity index (χ3v) is 7.00. The molecule has 1 N–H and O–H groups in total. The minimum atomic E-state index is -3.83. The van der Waals surface area contributed by atoms with Crippen LogP contribution >= 0.6 is 0 Å². The minimum Gasteiger partial charge on any atom is -0.486 e. The number of nitrogens with one attached hydrogen (secondary N) is 1. The molecule has 3 aliphatic heterocycles. The Balaban J connectivity index is 1.32. The fourth-order valence-corrected chi connectivity index (χ4v) is 5.38. The van der Waals surface area contributed by atoms with E-state index in [2.05, 4.69) is 9.71 Å². The average molecular weight is 442 g/mol. The van der Waals surface area contributed by atoms with E-state index in [1.165, 1.54) is 6.07 Å². The van der Waals surface area contributed by atoms with Gasteiger partial charge in [0.05, 0.1) is 12.2 Å². The molecule has 2 aromatic rings. The van der Waals surface area contributed by atoms with E-state index >= 15 is 0 Å². The summed E-state index contributed by atoms with van der Waals surface area (Å²) in [7, 11) is -3.83. The van der Waals surface area contributed by atoms with Gasteiger partial charge >= 0.3 is 0 Å². The number of fused-ring (bicyclic) bond motifs is 4. The van der Waals surface area contributed by atoms with Gasteiger partial charge in [-0.2, -0.15) is 8.42 Å². The summed E-state index contributed by atoms with van der Waals surface area (Å²) in [5.41, 5.74) is 0.872. The molecule has 31 heavy (non-hydrogen) atoms. The molecule has 2 aromatic carbocycles. The summed E-state index contributed by atoms with van der Waals surface area (Å²) in [6, 6.07) is 12.1. The summed E-state index contributed by atoms with van der Waals surface area (Å²) in [6.07, 6.45) is 3.27. The van der Waals surface area contributed by atoms with Crippen molar-refractivity contribution in [1.29, 1.82) is 0 Å². The topological polar surface area (TPSA) is 97.3 Å². The first kappa shape index (κ1) is 19.9. The van der Waals surface area contributed by atoms with Crippen molar-refractivity contribution >= 4 is 27.5 Å². The van der Waals surface area contributed by atoms with E-state index in [-0.39, 0.29) is 29.0 Å². The van der Waals surface area contributed by atoms with E-state index < -0.39 is 10.0 Å². The lowest BCUT2D eigenvalue weighted by molar-refractivity contribution is 0.0789. The lowest BCUT2D eigenvalue weighted by Gasteiger charge is -2.29. The number of carbonyl (C=O) groups excluding carboxylic acids is 1. The Morgan fingerprint density at radius 1 is 1.13 bits per heavy atom. The number of nitrogens with zero attached hydrogens (tertiary/aromatic N) is 2. The van der Waals surface area contributed by atoms with Gasteiger partial charge in [-0.15, -0.1) is 4.40 Å². The normalized spacial score (nSPS) is 21.2. The Bertz CT molecular complexity index is 1160. The van der Waals surface area contributed by atoms with E-state index in [1.807, 2.05) is 29.2 Å². The molecule has 0 aliphatic carbocycles. The number of benzene rings is 2. The molecule has 0 unspecified atom stereocenters. The van der Waals surface area contributed by atoms with Crippen LogP contribution in [0.25, 0.3) is 0 Å². The van der Waals surface area contributed by atoms with E-state index in [9.17, 15) is 13.2 Å². The number of hydrogen-bond donors (Lipinski definition) is 1. The maximum atomic E-state index is 12.8. The third-order valence-electron chi connectivity index (χ3n) is 5.67. The van der Waals surface area contributed by atoms with Crippen LogP contribution in [0.5, 0.6) is 11.5 Å². The van der Waals surface area contributed by atoms with Crippen molar-refractivity contribution in [2.75, 3.05) is 24.6 Å². The molecule has 9 heteroatoms. The summed E-state index contributed by atoms with van der Waals surface area (Å²) in [5, 5.41) is 2.81. The van der Waals surface area contributed by atoms with Gasteiger partial charge in [-0.3, -0.25) is 4.79 Å². The van der Waals surface area contributed by atoms with E-state index in [1.54, 1.807) is 12.1 Å². The van der Waals surface area contributed by atoms with Gasteiger partial charge in [-0.05, 0) is 43.2 Å². The maximum absolute atomic E-state index is 12.8. The molecule has 5 rings (SSSR count). The zero-order valence-electron chi connectivity index (χ0n) is 16.9. The summed E-state index contributed by atoms with van der Waals surface area (Å²) in [6.45, 7) is 1.29. The molecule has 0 aromatic heterocycles. The molecule has 1 atom stereocenters. The van der Waals surface area contributed by atoms with E-state index in [0.717, 1.165) is 25.8 Å². The number of ether oxygens (including phenoxy) is 2. The lowest BCUT2D eigenvalue weighted by Crippen LogP contribution is -2.41. The molecule has 8 nitrogen and oxygen atoms in total. The fourth-order valence-electron chi connectivity index (χ4n) is 4.09. The van der Waals surface area contributed by atoms with Gasteiger partial charge in [0.15, 0.2) is 11.5 Å². The van der Waals surface area contributed by atoms with Crippen LogP contribution in [0.3, 0.4) is 0 Å². The van der Waals surface area contributed by atoms with Crippen LogP contribution in [0.2, 0.25) is 0 Å². The zero-order valence-corrected chi connectivity index (χ0v) is 17.7. The molecular formula is C22H23N3O5S. The van der Waals surface area contributed by atoms with Crippen molar-refractivity contribution in [3.05, 3.63) is 48.0 Å². The molecule has 0 saturated carbocycles. The molecule has 0 spiro atoms. The minimum absolute atomic E-state index is 0.0805. The second-order valence-electron chi connectivity index (χ2n) is 7.84. The van der Waals surface area contributed by atoms with Crippen LogP contribution in [0.4, 0.5) is 5.69 Å². The van der Waals surface area contributed by atoms with Gasteiger partial charge < -0.3 is 19.7 Å². The van der Waals surface area contributed by atoms with Crippen molar-refractivity contribution < 1.29 is 22.7 Å². The standard InChI is InChI=1S/C22H23N3O5S/c26-22(23-13-16-14-29-18-6-3-4-7-19(18)30-16)15-9-10-17-20(12-15)31(27,28)24-21-8-2-1-5-11-25(17)21/h3-4,6-7,9-10,12,16H,1-2,5,8,11,13-14H2,(H,23,26)/t16-/m0/s1. The van der Waals surface area contributed by atoms with Crippen LogP contribution in [0, 0.1) is 0 Å². The molecule has 1 fully saturated rings. The maximum Gasteiger partial charge on any atom is 0.286 e. The zero-order chi connectivity index (χ0) is 21.4. The second kappa shape index (κ2) is 7.88. The SMILES string of the molecule is O=C(NC[C@H]1COc2ccccc2O1)c1ccc2c(c1)S(=O)(=O)N=C1CCCCCN12. The van der Waals surface area contributed by atoms with Gasteiger partial charge in [0.1, 0.15) is 23.4 Å². The first-order chi connectivity index (χ1) is 15.0. The molecule has 1 saturated heterocycles. The van der Waals surface area contributed by atoms with Crippen molar-refractivity contribution in [2.24, 2.45) is 4.40 Å². The third kappa shape index (κ3) is 3.85. The molecule has 3 aliphatic rings. The largest absolute Gasteiger partial charge is 0.486 e. The molecule has 0 bridgehead atoms. The predicted octanol–water partition coefficient (Wildman–Crippen LogP) is 2.74. The number of amidine groups is 1. The summed E-state index contributed by atoms with van der Waals surface area (Å²) >= 11 is 0. The number of anilines is 1. The van der Waals surface area contributed by atoms with Crippen LogP contribution in [-0.4, -0.2) is 46.0 Å². The van der Waals surface area contributed by atoms with Gasteiger partial charge in [-0.1, -0.05) is 18.6 Å². The van der Waals surface area contributed by atoms with Crippen molar-refractivity contribution in [2.45, 2.75) is 36.7 Å². The Labute approximate surface area is 180 Å². The fraction of sp³-hybridized carbons (Fsp3) is 0.364. The Morgan fingerprint density at radius 2 is 1.97 bits per heavy atom. The highest BCUT2D eigenvalue weighted by Crippen LogP contribution is 2.35. The second-order valence-corrected chi connectivity index (χ2v) is 9.41. The van der Waals surface area contributed by atoms with Crippen molar-refractivity contribution in [3.8, 4) is 11.5 Å². The van der Waals surface area contributed by atoms with Crippen LogP contribution < -0.4 is 19.7 Å². The molecule has 162 valence electrons. The predicted molar refractivity (Wildman–Crippen MR) is 116 cm³/mol. The van der Waals surface area contributed by atoms with Gasteiger partial charge in [-0.25, -0.2) is 0 Å². The Morgan fingerprint density at radius 3 is 2.84 bits per heavy atom. The van der Waals surface area contributed by atoms with E-state index in [0.29, 0.717) is 36.0 Å². The molecule has 3 heterocycles. The first-order valence-corrected chi connectivity index (χ1v) is 11.9. The highest BCUT2D eigenvalue weighted by atomic mass is 32.2. The number of sulfonamides is 1. The molecular weight excluding hydrogens is 418 g/mol. The lowest BCUT2D eigenvalue weighted by atomic mass is 10.1. The van der Waals surface area contributed by atoms with Crippen LogP contribution in [0.15, 0.2) is 51.8 Å². The van der Waals surface area contributed by atoms with Gasteiger partial charge in [0, 0.05) is 18.5 Å². The summed E-state index contributed by atoms with van der Waals surface area (Å²) in [5.74, 6) is 1.54. The number of hydrogen-bond acceptors (Lipinski definition) is 6. The number of rotatable bonds is 3. The highest BCUT2D eigenvalue weighted by Gasteiger charge is 2.32. The molecule has 0 radical (unpaired) electrons. The smallest absolute Gasteiger partial charge is 0.286 e. The highest BCUT2D eigenvalue weighted by molar-refractivity contribution is 7.90. The number of para-hydroxylation sites is 2. The van der Waals surface area contributed by atoms with Crippen LogP contribution in [-0.2, 0) is 10.0 Å². The summed E-state index contributed by atoms with van der Waals surface area (Å²) < 4.78 is 41.0. The van der Waals surface area contributed by atoms with Gasteiger partial charge in [0.25, 0.3) is 15.9 Å². The van der Waals surface area contributed by atoms with Crippen molar-refractivity contribution in [3.63, 3.8) is 0 Å². The first-order valence-electron chi connectivity index (χ1n) is 10.4.